The second kappa shape index (κ2) is 4.86. The predicted molar refractivity (Wildman–Crippen MR) is 77.0 cm³/mol. The van der Waals surface area contributed by atoms with Gasteiger partial charge in [0.15, 0.2) is 11.6 Å². The van der Waals surface area contributed by atoms with Gasteiger partial charge in [0.05, 0.1) is 0 Å². The van der Waals surface area contributed by atoms with Crippen molar-refractivity contribution in [2.75, 3.05) is 0 Å². The molecule has 2 aromatic carbocycles. The third-order valence-corrected chi connectivity index (χ3v) is 3.37. The lowest BCUT2D eigenvalue weighted by atomic mass is 10.1. The van der Waals surface area contributed by atoms with Crippen molar-refractivity contribution in [3.05, 3.63) is 59.1 Å². The minimum atomic E-state index is 0.653. The third-order valence-electron chi connectivity index (χ3n) is 2.96. The summed E-state index contributed by atoms with van der Waals surface area (Å²) in [5.41, 5.74) is 2.97. The first-order valence-electron chi connectivity index (χ1n) is 5.98. The van der Waals surface area contributed by atoms with E-state index in [2.05, 4.69) is 15.2 Å². The number of nitrogens with zero attached hydrogens (tertiary/aromatic N) is 2. The van der Waals surface area contributed by atoms with Gasteiger partial charge in [0, 0.05) is 16.1 Å². The molecule has 0 aliphatic heterocycles. The van der Waals surface area contributed by atoms with Gasteiger partial charge >= 0.3 is 0 Å². The number of aryl methyl sites for hydroxylation is 1. The van der Waals surface area contributed by atoms with Crippen LogP contribution in [-0.2, 0) is 0 Å². The Bertz CT molecular complexity index is 704. The van der Waals surface area contributed by atoms with E-state index in [0.717, 1.165) is 27.5 Å². The Morgan fingerprint density at radius 2 is 1.79 bits per heavy atom. The van der Waals surface area contributed by atoms with Crippen LogP contribution >= 0.6 is 11.6 Å². The Morgan fingerprint density at radius 1 is 1.00 bits per heavy atom. The fourth-order valence-corrected chi connectivity index (χ4v) is 2.03. The third kappa shape index (κ3) is 2.37. The van der Waals surface area contributed by atoms with Gasteiger partial charge in [-0.3, -0.25) is 5.10 Å². The molecule has 0 fully saturated rings. The number of aromatic nitrogens is 3. The summed E-state index contributed by atoms with van der Waals surface area (Å²) in [5.74, 6) is 1.41. The highest BCUT2D eigenvalue weighted by atomic mass is 35.5. The smallest absolute Gasteiger partial charge is 0.181 e. The van der Waals surface area contributed by atoms with Gasteiger partial charge in [-0.25, -0.2) is 4.98 Å². The SMILES string of the molecule is Cc1ccc(-c2n[nH]c(-c3ccccc3)n2)cc1Cl. The average Bonchev–Trinajstić information content (AvgIpc) is 2.93. The minimum Gasteiger partial charge on any atom is -0.259 e. The van der Waals surface area contributed by atoms with Gasteiger partial charge < -0.3 is 0 Å². The zero-order valence-corrected chi connectivity index (χ0v) is 11.1. The van der Waals surface area contributed by atoms with E-state index in [9.17, 15) is 0 Å². The van der Waals surface area contributed by atoms with E-state index in [1.165, 1.54) is 0 Å². The molecule has 1 N–H and O–H groups in total. The Kier molecular flexibility index (Phi) is 3.05. The molecule has 0 radical (unpaired) electrons. The number of rotatable bonds is 2. The fraction of sp³-hybridized carbons (Fsp3) is 0.0667. The predicted octanol–water partition coefficient (Wildman–Crippen LogP) is 4.10. The Morgan fingerprint density at radius 3 is 2.53 bits per heavy atom. The van der Waals surface area contributed by atoms with Crippen LogP contribution in [-0.4, -0.2) is 15.2 Å². The summed E-state index contributed by atoms with van der Waals surface area (Å²) in [6, 6.07) is 15.7. The molecule has 0 spiro atoms. The summed E-state index contributed by atoms with van der Waals surface area (Å²) in [7, 11) is 0. The first-order chi connectivity index (χ1) is 9.24. The van der Waals surface area contributed by atoms with Crippen molar-refractivity contribution in [1.29, 1.82) is 0 Å². The Hall–Kier alpha value is -2.13. The van der Waals surface area contributed by atoms with E-state index in [-0.39, 0.29) is 0 Å². The summed E-state index contributed by atoms with van der Waals surface area (Å²) in [6.45, 7) is 1.97. The summed E-state index contributed by atoms with van der Waals surface area (Å²) >= 11 is 6.12. The van der Waals surface area contributed by atoms with Crippen molar-refractivity contribution < 1.29 is 0 Å². The van der Waals surface area contributed by atoms with Crippen molar-refractivity contribution in [3.8, 4) is 22.8 Å². The summed E-state index contributed by atoms with van der Waals surface area (Å²) < 4.78 is 0. The molecule has 0 bridgehead atoms. The minimum absolute atomic E-state index is 0.653. The lowest BCUT2D eigenvalue weighted by molar-refractivity contribution is 1.10. The first-order valence-corrected chi connectivity index (χ1v) is 6.36. The molecular formula is C15H12ClN3. The number of halogens is 1. The number of aromatic amines is 1. The van der Waals surface area contributed by atoms with Gasteiger partial charge in [-0.1, -0.05) is 54.1 Å². The van der Waals surface area contributed by atoms with Crippen LogP contribution in [0.4, 0.5) is 0 Å². The van der Waals surface area contributed by atoms with Crippen LogP contribution in [0.2, 0.25) is 5.02 Å². The summed E-state index contributed by atoms with van der Waals surface area (Å²) in [5, 5.41) is 7.91. The van der Waals surface area contributed by atoms with E-state index in [1.54, 1.807) is 0 Å². The molecule has 0 aliphatic carbocycles. The molecule has 3 aromatic rings. The number of hydrogen-bond acceptors (Lipinski definition) is 2. The maximum Gasteiger partial charge on any atom is 0.181 e. The second-order valence-electron chi connectivity index (χ2n) is 4.34. The van der Waals surface area contributed by atoms with Gasteiger partial charge in [0.25, 0.3) is 0 Å². The first kappa shape index (κ1) is 11.9. The monoisotopic (exact) mass is 269 g/mol. The van der Waals surface area contributed by atoms with E-state index in [0.29, 0.717) is 5.82 Å². The van der Waals surface area contributed by atoms with E-state index in [4.69, 9.17) is 11.6 Å². The zero-order chi connectivity index (χ0) is 13.2. The molecule has 19 heavy (non-hydrogen) atoms. The van der Waals surface area contributed by atoms with E-state index in [1.807, 2.05) is 55.5 Å². The van der Waals surface area contributed by atoms with Crippen LogP contribution in [0, 0.1) is 6.92 Å². The molecule has 3 rings (SSSR count). The van der Waals surface area contributed by atoms with Crippen molar-refractivity contribution >= 4 is 11.6 Å². The van der Waals surface area contributed by atoms with Crippen LogP contribution in [0.5, 0.6) is 0 Å². The quantitative estimate of drug-likeness (QED) is 0.761. The van der Waals surface area contributed by atoms with Gasteiger partial charge in [-0.05, 0) is 18.6 Å². The molecule has 3 nitrogen and oxygen atoms in total. The summed E-state index contributed by atoms with van der Waals surface area (Å²) in [6.07, 6.45) is 0. The van der Waals surface area contributed by atoms with Gasteiger partial charge in [-0.15, -0.1) is 0 Å². The highest BCUT2D eigenvalue weighted by Crippen LogP contribution is 2.24. The molecule has 0 saturated carbocycles. The molecule has 1 aromatic heterocycles. The molecule has 0 saturated heterocycles. The second-order valence-corrected chi connectivity index (χ2v) is 4.74. The van der Waals surface area contributed by atoms with Crippen LogP contribution in [0.1, 0.15) is 5.56 Å². The number of benzene rings is 2. The maximum atomic E-state index is 6.12. The van der Waals surface area contributed by atoms with Gasteiger partial charge in [0.2, 0.25) is 0 Å². The normalized spacial score (nSPS) is 10.6. The Labute approximate surface area is 116 Å². The lowest BCUT2D eigenvalue weighted by Gasteiger charge is -1.99. The largest absolute Gasteiger partial charge is 0.259 e. The number of nitrogens with one attached hydrogen (secondary N) is 1. The molecular weight excluding hydrogens is 258 g/mol. The Balaban J connectivity index is 1.99. The standard InChI is InChI=1S/C15H12ClN3/c1-10-7-8-12(9-13(10)16)15-17-14(18-19-15)11-5-3-2-4-6-11/h2-9H,1H3,(H,17,18,19). The lowest BCUT2D eigenvalue weighted by Crippen LogP contribution is -1.83. The molecule has 0 aliphatic rings. The highest BCUT2D eigenvalue weighted by molar-refractivity contribution is 6.31. The topological polar surface area (TPSA) is 41.6 Å². The molecule has 0 atom stereocenters. The number of H-pyrrole nitrogens is 1. The molecule has 0 amide bonds. The van der Waals surface area contributed by atoms with Crippen molar-refractivity contribution in [1.82, 2.24) is 15.2 Å². The zero-order valence-electron chi connectivity index (χ0n) is 10.4. The van der Waals surface area contributed by atoms with Gasteiger partial charge in [-0.2, -0.15) is 5.10 Å². The van der Waals surface area contributed by atoms with Crippen molar-refractivity contribution in [2.24, 2.45) is 0 Å². The molecule has 1 heterocycles. The molecule has 4 heteroatoms. The summed E-state index contributed by atoms with van der Waals surface area (Å²) in [4.78, 5) is 4.50. The molecule has 94 valence electrons. The van der Waals surface area contributed by atoms with Crippen molar-refractivity contribution in [2.45, 2.75) is 6.92 Å². The van der Waals surface area contributed by atoms with Crippen LogP contribution < -0.4 is 0 Å². The van der Waals surface area contributed by atoms with Gasteiger partial charge in [0.1, 0.15) is 0 Å². The van der Waals surface area contributed by atoms with E-state index < -0.39 is 0 Å². The van der Waals surface area contributed by atoms with E-state index >= 15 is 0 Å². The van der Waals surface area contributed by atoms with Crippen LogP contribution in [0.25, 0.3) is 22.8 Å². The van der Waals surface area contributed by atoms with Crippen LogP contribution in [0.15, 0.2) is 48.5 Å². The average molecular weight is 270 g/mol. The highest BCUT2D eigenvalue weighted by Gasteiger charge is 2.08. The maximum absolute atomic E-state index is 6.12. The van der Waals surface area contributed by atoms with Crippen LogP contribution in [0.3, 0.4) is 0 Å². The fourth-order valence-electron chi connectivity index (χ4n) is 1.85. The number of hydrogen-bond donors (Lipinski definition) is 1. The molecule has 0 unspecified atom stereocenters. The van der Waals surface area contributed by atoms with Crippen molar-refractivity contribution in [3.63, 3.8) is 0 Å².